The van der Waals surface area contributed by atoms with Gasteiger partial charge in [-0.2, -0.15) is 0 Å². The number of carbonyl (C=O) groups excluding carboxylic acids is 3. The molecule has 2 unspecified atom stereocenters. The lowest BCUT2D eigenvalue weighted by Crippen LogP contribution is -2.55. The third kappa shape index (κ3) is 46.4. The molecular formula is C58H105NO7. The van der Waals surface area contributed by atoms with Gasteiger partial charge in [-0.1, -0.05) is 210 Å². The molecule has 0 fully saturated rings. The minimum atomic E-state index is -1.12. The molecule has 0 aromatic carbocycles. The Balaban J connectivity index is 4.19. The van der Waals surface area contributed by atoms with Crippen LogP contribution < -0.4 is 5.11 Å². The number of quaternary nitrogens is 1. The van der Waals surface area contributed by atoms with E-state index in [4.69, 9.17) is 14.2 Å². The molecule has 8 nitrogen and oxygen atoms in total. The average molecular weight is 928 g/mol. The molecule has 0 saturated heterocycles. The SMILES string of the molecule is CC/C=C/C/C=C/C/C=C/CCCCCCCCCCCCC(=O)OCC(COCCC(C(=O)[O-])[N+](C)(C)C)OC(=O)CCCCCCCCC/C=C/CCCCCCCCCCCCC. The number of nitrogens with zero attached hydrogens (tertiary/aromatic N) is 1. The number of allylic oxidation sites excluding steroid dienone is 8. The maximum atomic E-state index is 12.8. The van der Waals surface area contributed by atoms with Crippen LogP contribution in [-0.4, -0.2) is 75.5 Å². The van der Waals surface area contributed by atoms with Crippen LogP contribution in [0.2, 0.25) is 0 Å². The van der Waals surface area contributed by atoms with E-state index in [9.17, 15) is 19.5 Å². The maximum Gasteiger partial charge on any atom is 0.306 e. The van der Waals surface area contributed by atoms with E-state index in [-0.39, 0.29) is 42.7 Å². The highest BCUT2D eigenvalue weighted by molar-refractivity contribution is 5.70. The molecule has 0 aliphatic carbocycles. The molecule has 66 heavy (non-hydrogen) atoms. The molecule has 0 aliphatic heterocycles. The van der Waals surface area contributed by atoms with Crippen LogP contribution in [0.15, 0.2) is 48.6 Å². The van der Waals surface area contributed by atoms with Crippen molar-refractivity contribution >= 4 is 17.9 Å². The Hall–Kier alpha value is -2.71. The van der Waals surface area contributed by atoms with Crippen LogP contribution in [0.1, 0.15) is 251 Å². The molecule has 0 radical (unpaired) electrons. The summed E-state index contributed by atoms with van der Waals surface area (Å²) in [5.41, 5.74) is 0. The summed E-state index contributed by atoms with van der Waals surface area (Å²) in [4.78, 5) is 37.1. The number of carbonyl (C=O) groups is 3. The van der Waals surface area contributed by atoms with Gasteiger partial charge in [0.05, 0.1) is 40.3 Å². The Morgan fingerprint density at radius 3 is 1.27 bits per heavy atom. The van der Waals surface area contributed by atoms with E-state index in [1.54, 1.807) is 0 Å². The molecule has 0 bridgehead atoms. The highest BCUT2D eigenvalue weighted by atomic mass is 16.6. The highest BCUT2D eigenvalue weighted by Crippen LogP contribution is 2.16. The summed E-state index contributed by atoms with van der Waals surface area (Å²) >= 11 is 0. The van der Waals surface area contributed by atoms with Gasteiger partial charge in [0.1, 0.15) is 12.6 Å². The van der Waals surface area contributed by atoms with Crippen molar-refractivity contribution in [3.63, 3.8) is 0 Å². The second-order valence-corrected chi connectivity index (χ2v) is 19.8. The Labute approximate surface area is 407 Å². The molecule has 0 spiro atoms. The topological polar surface area (TPSA) is 102 Å². The molecule has 384 valence electrons. The van der Waals surface area contributed by atoms with E-state index >= 15 is 0 Å². The van der Waals surface area contributed by atoms with Gasteiger partial charge in [-0.05, 0) is 70.6 Å². The van der Waals surface area contributed by atoms with Crippen molar-refractivity contribution in [2.75, 3.05) is 41.0 Å². The van der Waals surface area contributed by atoms with Gasteiger partial charge in [-0.25, -0.2) is 0 Å². The summed E-state index contributed by atoms with van der Waals surface area (Å²) in [5, 5.41) is 11.7. The zero-order valence-electron chi connectivity index (χ0n) is 43.9. The lowest BCUT2D eigenvalue weighted by molar-refractivity contribution is -0.889. The van der Waals surface area contributed by atoms with Gasteiger partial charge in [0, 0.05) is 19.3 Å². The third-order valence-electron chi connectivity index (χ3n) is 12.4. The highest BCUT2D eigenvalue weighted by Gasteiger charge is 2.25. The summed E-state index contributed by atoms with van der Waals surface area (Å²) in [6, 6.07) is -0.728. The lowest BCUT2D eigenvalue weighted by atomic mass is 10.0. The zero-order valence-corrected chi connectivity index (χ0v) is 43.9. The van der Waals surface area contributed by atoms with Crippen molar-refractivity contribution < 1.29 is 38.2 Å². The van der Waals surface area contributed by atoms with Gasteiger partial charge in [0.25, 0.3) is 0 Å². The molecule has 0 heterocycles. The molecule has 0 amide bonds. The van der Waals surface area contributed by atoms with E-state index in [1.165, 1.54) is 161 Å². The first-order valence-corrected chi connectivity index (χ1v) is 27.7. The number of esters is 2. The molecule has 0 aliphatic rings. The molecule has 8 heteroatoms. The number of likely N-dealkylation sites (N-methyl/N-ethyl adjacent to an activating group) is 1. The summed E-state index contributed by atoms with van der Waals surface area (Å²) in [5.74, 6) is -1.73. The van der Waals surface area contributed by atoms with Crippen molar-refractivity contribution in [2.24, 2.45) is 0 Å². The number of rotatable bonds is 50. The molecule has 0 rings (SSSR count). The van der Waals surface area contributed by atoms with E-state index in [0.29, 0.717) is 12.8 Å². The van der Waals surface area contributed by atoms with Crippen molar-refractivity contribution in [1.82, 2.24) is 0 Å². The van der Waals surface area contributed by atoms with Gasteiger partial charge in [-0.3, -0.25) is 9.59 Å². The van der Waals surface area contributed by atoms with Gasteiger partial charge in [0.2, 0.25) is 0 Å². The predicted molar refractivity (Wildman–Crippen MR) is 277 cm³/mol. The number of aliphatic carboxylic acids is 1. The Morgan fingerprint density at radius 1 is 0.470 bits per heavy atom. The van der Waals surface area contributed by atoms with Crippen LogP contribution in [0.4, 0.5) is 0 Å². The van der Waals surface area contributed by atoms with E-state index in [2.05, 4.69) is 62.5 Å². The van der Waals surface area contributed by atoms with Gasteiger partial charge < -0.3 is 28.6 Å². The minimum Gasteiger partial charge on any atom is -0.544 e. The monoisotopic (exact) mass is 928 g/mol. The maximum absolute atomic E-state index is 12.8. The van der Waals surface area contributed by atoms with E-state index < -0.39 is 18.1 Å². The largest absolute Gasteiger partial charge is 0.544 e. The molecule has 0 aromatic heterocycles. The Bertz CT molecular complexity index is 1220. The zero-order chi connectivity index (χ0) is 48.4. The van der Waals surface area contributed by atoms with Crippen LogP contribution in [0.5, 0.6) is 0 Å². The van der Waals surface area contributed by atoms with E-state index in [1.807, 2.05) is 21.1 Å². The number of ether oxygens (including phenoxy) is 3. The average Bonchev–Trinajstić information content (AvgIpc) is 3.28. The van der Waals surface area contributed by atoms with Crippen molar-refractivity contribution in [2.45, 2.75) is 264 Å². The second kappa shape index (κ2) is 48.7. The summed E-state index contributed by atoms with van der Waals surface area (Å²) in [6.45, 7) is 4.58. The Kier molecular flexibility index (Phi) is 46.7. The summed E-state index contributed by atoms with van der Waals surface area (Å²) < 4.78 is 17.3. The third-order valence-corrected chi connectivity index (χ3v) is 12.4. The summed E-state index contributed by atoms with van der Waals surface area (Å²) in [7, 11) is 5.42. The number of hydrogen-bond acceptors (Lipinski definition) is 7. The van der Waals surface area contributed by atoms with Gasteiger partial charge in [-0.15, -0.1) is 0 Å². The summed E-state index contributed by atoms with van der Waals surface area (Å²) in [6.07, 6.45) is 60.0. The number of unbranched alkanes of at least 4 members (excludes halogenated alkanes) is 28. The smallest absolute Gasteiger partial charge is 0.306 e. The molecule has 2 atom stereocenters. The molecular weight excluding hydrogens is 823 g/mol. The lowest BCUT2D eigenvalue weighted by Gasteiger charge is -2.34. The molecule has 0 aromatic rings. The fourth-order valence-corrected chi connectivity index (χ4v) is 8.20. The van der Waals surface area contributed by atoms with Crippen LogP contribution >= 0.6 is 0 Å². The number of carboxylic acids is 1. The van der Waals surface area contributed by atoms with Crippen molar-refractivity contribution in [1.29, 1.82) is 0 Å². The van der Waals surface area contributed by atoms with Crippen molar-refractivity contribution in [3.05, 3.63) is 48.6 Å². The first kappa shape index (κ1) is 63.3. The van der Waals surface area contributed by atoms with Gasteiger partial charge >= 0.3 is 11.9 Å². The minimum absolute atomic E-state index is 0.0387. The standard InChI is InChI=1S/C58H105NO7/c1-6-8-10-12-14-16-18-20-22-24-26-28-29-31-33-35-37-39-41-43-45-47-49-57(61)66-54(52-64-51-50-55(58(62)63)59(3,4)5)53-65-56(60)48-46-44-42-40-38-36-34-32-30-27-25-23-21-19-17-15-13-11-9-7-2/h9,11,15,17,21,23,29,31,54-55H,6-8,10,12-14,16,18-20,22,24-28,30,32-53H2,1-5H3/b11-9+,17-15+,23-21+,31-29+. The van der Waals surface area contributed by atoms with Crippen LogP contribution in [0.3, 0.4) is 0 Å². The number of carboxylic acid groups (broad SMARTS) is 1. The van der Waals surface area contributed by atoms with Crippen molar-refractivity contribution in [3.8, 4) is 0 Å². The van der Waals surface area contributed by atoms with Gasteiger partial charge in [0.15, 0.2) is 6.10 Å². The predicted octanol–water partition coefficient (Wildman–Crippen LogP) is 15.0. The quantitative estimate of drug-likeness (QED) is 0.0259. The van der Waals surface area contributed by atoms with Crippen LogP contribution in [-0.2, 0) is 28.6 Å². The van der Waals surface area contributed by atoms with Crippen LogP contribution in [0.25, 0.3) is 0 Å². The normalized spacial score (nSPS) is 13.2. The first-order chi connectivity index (χ1) is 32.1. The van der Waals surface area contributed by atoms with Crippen LogP contribution in [0, 0.1) is 0 Å². The van der Waals surface area contributed by atoms with E-state index in [0.717, 1.165) is 57.8 Å². The fraction of sp³-hybridized carbons (Fsp3) is 0.810. The fourth-order valence-electron chi connectivity index (χ4n) is 8.20. The second-order valence-electron chi connectivity index (χ2n) is 19.8. The first-order valence-electron chi connectivity index (χ1n) is 27.7. The number of hydrogen-bond donors (Lipinski definition) is 0. The molecule has 0 N–H and O–H groups in total. The Morgan fingerprint density at radius 2 is 0.848 bits per heavy atom. The molecule has 0 saturated carbocycles.